The van der Waals surface area contributed by atoms with Gasteiger partial charge in [0.2, 0.25) is 0 Å². The Bertz CT molecular complexity index is 281. The summed E-state index contributed by atoms with van der Waals surface area (Å²) in [5.41, 5.74) is 1.23. The van der Waals surface area contributed by atoms with E-state index in [4.69, 9.17) is 0 Å². The quantitative estimate of drug-likeness (QED) is 0.255. The Labute approximate surface area is 125 Å². The van der Waals surface area contributed by atoms with Crippen LogP contribution in [0.5, 0.6) is 0 Å². The second-order valence-electron chi connectivity index (χ2n) is 5.63. The number of methoxy groups -OCH3 is 1. The van der Waals surface area contributed by atoms with Crippen LogP contribution in [-0.2, 0) is 9.53 Å². The van der Waals surface area contributed by atoms with Crippen LogP contribution in [0.3, 0.4) is 0 Å². The predicted octanol–water partition coefficient (Wildman–Crippen LogP) is 5.44. The normalized spacial score (nSPS) is 11.9. The molecule has 0 heterocycles. The first-order valence-electron chi connectivity index (χ1n) is 7.96. The van der Waals surface area contributed by atoms with E-state index in [0.717, 1.165) is 12.8 Å². The fourth-order valence-corrected chi connectivity index (χ4v) is 2.36. The molecule has 2 heteroatoms. The van der Waals surface area contributed by atoms with Gasteiger partial charge in [-0.3, -0.25) is 4.79 Å². The minimum absolute atomic E-state index is 0.0840. The summed E-state index contributed by atoms with van der Waals surface area (Å²) in [7, 11) is 1.45. The third-order valence-corrected chi connectivity index (χ3v) is 3.79. The van der Waals surface area contributed by atoms with Gasteiger partial charge in [-0.2, -0.15) is 0 Å². The van der Waals surface area contributed by atoms with Crippen molar-refractivity contribution in [2.24, 2.45) is 5.92 Å². The molecule has 0 fully saturated rings. The molecule has 0 saturated carbocycles. The number of carbonyl (C=O) groups is 1. The minimum atomic E-state index is -0.0840. The standard InChI is InChI=1S/C18H32O2/c1-5-17(16(2)3)14-12-10-8-6-7-9-11-13-15-18(19)20-4/h5,17H,1-2,6-15H2,3-4H3. The molecule has 1 unspecified atom stereocenters. The number of ether oxygens (including phenoxy) is 1. The Morgan fingerprint density at radius 3 is 2.00 bits per heavy atom. The average molecular weight is 280 g/mol. The monoisotopic (exact) mass is 280 g/mol. The van der Waals surface area contributed by atoms with Gasteiger partial charge in [0.1, 0.15) is 0 Å². The zero-order valence-corrected chi connectivity index (χ0v) is 13.5. The van der Waals surface area contributed by atoms with Gasteiger partial charge in [-0.1, -0.05) is 63.2 Å². The van der Waals surface area contributed by atoms with Gasteiger partial charge in [-0.15, -0.1) is 6.58 Å². The first-order valence-corrected chi connectivity index (χ1v) is 7.96. The second-order valence-corrected chi connectivity index (χ2v) is 5.63. The van der Waals surface area contributed by atoms with E-state index in [1.54, 1.807) is 0 Å². The number of rotatable bonds is 13. The van der Waals surface area contributed by atoms with Crippen LogP contribution < -0.4 is 0 Å². The van der Waals surface area contributed by atoms with Crippen LogP contribution in [0.15, 0.2) is 24.8 Å². The lowest BCUT2D eigenvalue weighted by Gasteiger charge is -2.11. The Morgan fingerprint density at radius 1 is 1.05 bits per heavy atom. The summed E-state index contributed by atoms with van der Waals surface area (Å²) in [6.45, 7) is 9.95. The SMILES string of the molecule is C=CC(CCCCCCCCCCC(=O)OC)C(=C)C. The highest BCUT2D eigenvalue weighted by molar-refractivity contribution is 5.68. The van der Waals surface area contributed by atoms with Gasteiger partial charge in [0, 0.05) is 6.42 Å². The van der Waals surface area contributed by atoms with Crippen LogP contribution in [0.2, 0.25) is 0 Å². The summed E-state index contributed by atoms with van der Waals surface area (Å²) >= 11 is 0. The van der Waals surface area contributed by atoms with Crippen LogP contribution in [0.25, 0.3) is 0 Å². The molecule has 0 aromatic heterocycles. The van der Waals surface area contributed by atoms with E-state index in [0.29, 0.717) is 12.3 Å². The maximum absolute atomic E-state index is 10.9. The number of allylic oxidation sites excluding steroid dienone is 2. The largest absolute Gasteiger partial charge is 0.469 e. The van der Waals surface area contributed by atoms with Crippen LogP contribution in [-0.4, -0.2) is 13.1 Å². The molecule has 1 atom stereocenters. The van der Waals surface area contributed by atoms with Gasteiger partial charge in [0.05, 0.1) is 7.11 Å². The number of hydrogen-bond donors (Lipinski definition) is 0. The molecule has 0 bridgehead atoms. The third kappa shape index (κ3) is 10.8. The molecule has 116 valence electrons. The lowest BCUT2D eigenvalue weighted by atomic mass is 9.95. The Balaban J connectivity index is 3.26. The molecule has 0 spiro atoms. The lowest BCUT2D eigenvalue weighted by Crippen LogP contribution is -1.99. The fourth-order valence-electron chi connectivity index (χ4n) is 2.36. The van der Waals surface area contributed by atoms with E-state index >= 15 is 0 Å². The zero-order chi connectivity index (χ0) is 15.2. The van der Waals surface area contributed by atoms with E-state index in [9.17, 15) is 4.79 Å². The molecule has 0 amide bonds. The molecule has 0 aromatic rings. The van der Waals surface area contributed by atoms with E-state index in [2.05, 4.69) is 24.8 Å². The summed E-state index contributed by atoms with van der Waals surface area (Å²) in [5.74, 6) is 0.410. The topological polar surface area (TPSA) is 26.3 Å². The predicted molar refractivity (Wildman–Crippen MR) is 86.7 cm³/mol. The van der Waals surface area contributed by atoms with Crippen LogP contribution in [0.4, 0.5) is 0 Å². The highest BCUT2D eigenvalue weighted by atomic mass is 16.5. The van der Waals surface area contributed by atoms with Gasteiger partial charge in [-0.05, 0) is 25.7 Å². The summed E-state index contributed by atoms with van der Waals surface area (Å²) in [4.78, 5) is 10.9. The molecule has 2 nitrogen and oxygen atoms in total. The molecular weight excluding hydrogens is 248 g/mol. The molecule has 0 aliphatic carbocycles. The molecule has 0 aliphatic heterocycles. The van der Waals surface area contributed by atoms with Crippen molar-refractivity contribution < 1.29 is 9.53 Å². The fraction of sp³-hybridized carbons (Fsp3) is 0.722. The first-order chi connectivity index (χ1) is 9.61. The Morgan fingerprint density at radius 2 is 1.55 bits per heavy atom. The van der Waals surface area contributed by atoms with Crippen molar-refractivity contribution in [2.75, 3.05) is 7.11 Å². The number of esters is 1. The van der Waals surface area contributed by atoms with Crippen LogP contribution in [0, 0.1) is 5.92 Å². The van der Waals surface area contributed by atoms with Gasteiger partial charge < -0.3 is 4.74 Å². The van der Waals surface area contributed by atoms with Gasteiger partial charge in [0.25, 0.3) is 0 Å². The van der Waals surface area contributed by atoms with Crippen molar-refractivity contribution in [3.05, 3.63) is 24.8 Å². The van der Waals surface area contributed by atoms with Crippen molar-refractivity contribution in [2.45, 2.75) is 71.1 Å². The summed E-state index contributed by atoms with van der Waals surface area (Å²) in [6, 6.07) is 0. The van der Waals surface area contributed by atoms with Crippen molar-refractivity contribution in [1.29, 1.82) is 0 Å². The molecule has 0 N–H and O–H groups in total. The maximum atomic E-state index is 10.9. The van der Waals surface area contributed by atoms with Crippen molar-refractivity contribution >= 4 is 5.97 Å². The molecule has 20 heavy (non-hydrogen) atoms. The average Bonchev–Trinajstić information content (AvgIpc) is 2.44. The first kappa shape index (κ1) is 18.9. The molecule has 0 aromatic carbocycles. The van der Waals surface area contributed by atoms with Gasteiger partial charge in [-0.25, -0.2) is 0 Å². The van der Waals surface area contributed by atoms with E-state index < -0.39 is 0 Å². The maximum Gasteiger partial charge on any atom is 0.305 e. The van der Waals surface area contributed by atoms with Crippen LogP contribution in [0.1, 0.15) is 71.1 Å². The number of hydrogen-bond acceptors (Lipinski definition) is 2. The van der Waals surface area contributed by atoms with E-state index in [-0.39, 0.29) is 5.97 Å². The third-order valence-electron chi connectivity index (χ3n) is 3.79. The summed E-state index contributed by atoms with van der Waals surface area (Å²) in [6.07, 6.45) is 13.6. The second kappa shape index (κ2) is 13.0. The minimum Gasteiger partial charge on any atom is -0.469 e. The zero-order valence-electron chi connectivity index (χ0n) is 13.5. The molecule has 0 radical (unpaired) electrons. The molecular formula is C18H32O2. The van der Waals surface area contributed by atoms with Crippen molar-refractivity contribution in [3.63, 3.8) is 0 Å². The Hall–Kier alpha value is -1.05. The molecule has 0 rings (SSSR count). The molecule has 0 saturated heterocycles. The van der Waals surface area contributed by atoms with E-state index in [1.807, 2.05) is 6.08 Å². The smallest absolute Gasteiger partial charge is 0.305 e. The van der Waals surface area contributed by atoms with Crippen LogP contribution >= 0.6 is 0 Å². The lowest BCUT2D eigenvalue weighted by molar-refractivity contribution is -0.140. The van der Waals surface area contributed by atoms with Gasteiger partial charge >= 0.3 is 5.97 Å². The number of carbonyl (C=O) groups excluding carboxylic acids is 1. The summed E-state index contributed by atoms with van der Waals surface area (Å²) < 4.78 is 4.62. The number of unbranched alkanes of at least 4 members (excludes halogenated alkanes) is 7. The molecule has 0 aliphatic rings. The van der Waals surface area contributed by atoms with Crippen molar-refractivity contribution in [3.8, 4) is 0 Å². The van der Waals surface area contributed by atoms with Gasteiger partial charge in [0.15, 0.2) is 0 Å². The highest BCUT2D eigenvalue weighted by Gasteiger charge is 2.03. The summed E-state index contributed by atoms with van der Waals surface area (Å²) in [5, 5.41) is 0. The Kier molecular flexibility index (Phi) is 12.3. The van der Waals surface area contributed by atoms with E-state index in [1.165, 1.54) is 57.6 Å². The highest BCUT2D eigenvalue weighted by Crippen LogP contribution is 2.19. The van der Waals surface area contributed by atoms with Crippen molar-refractivity contribution in [1.82, 2.24) is 0 Å².